The number of ether oxygens (including phenoxy) is 3. The molecule has 9 heteroatoms. The first kappa shape index (κ1) is 26.4. The Kier molecular flexibility index (Phi) is 8.20. The molecule has 1 aliphatic heterocycles. The van der Waals surface area contributed by atoms with Gasteiger partial charge in [0.2, 0.25) is 0 Å². The molecule has 0 radical (unpaired) electrons. The van der Waals surface area contributed by atoms with Gasteiger partial charge < -0.3 is 28.6 Å². The molecule has 1 saturated heterocycles. The van der Waals surface area contributed by atoms with E-state index in [0.717, 1.165) is 48.8 Å². The predicted molar refractivity (Wildman–Crippen MR) is 137 cm³/mol. The molecule has 36 heavy (non-hydrogen) atoms. The lowest BCUT2D eigenvalue weighted by molar-refractivity contribution is -0.150. The third kappa shape index (κ3) is 6.18. The van der Waals surface area contributed by atoms with Crippen LogP contribution in [-0.4, -0.2) is 82.5 Å². The van der Waals surface area contributed by atoms with Gasteiger partial charge >= 0.3 is 6.09 Å². The Morgan fingerprint density at radius 1 is 1.25 bits per heavy atom. The zero-order valence-corrected chi connectivity index (χ0v) is 22.3. The van der Waals surface area contributed by atoms with Crippen molar-refractivity contribution < 1.29 is 23.8 Å². The Balaban J connectivity index is 1.55. The van der Waals surface area contributed by atoms with Crippen molar-refractivity contribution in [3.05, 3.63) is 29.6 Å². The van der Waals surface area contributed by atoms with Crippen molar-refractivity contribution in [1.82, 2.24) is 19.4 Å². The number of carbonyl (C=O) groups excluding carboxylic acids is 2. The summed E-state index contributed by atoms with van der Waals surface area (Å²) in [6.07, 6.45) is 6.66. The number of amides is 2. The Morgan fingerprint density at radius 2 is 2.03 bits per heavy atom. The summed E-state index contributed by atoms with van der Waals surface area (Å²) in [7, 11) is 1.71. The van der Waals surface area contributed by atoms with Crippen molar-refractivity contribution in [2.45, 2.75) is 84.2 Å². The smallest absolute Gasteiger partial charge is 0.410 e. The molecule has 2 fully saturated rings. The van der Waals surface area contributed by atoms with E-state index in [1.807, 2.05) is 31.9 Å². The summed E-state index contributed by atoms with van der Waals surface area (Å²) < 4.78 is 18.8. The fourth-order valence-electron chi connectivity index (χ4n) is 4.77. The first-order chi connectivity index (χ1) is 17.2. The van der Waals surface area contributed by atoms with Gasteiger partial charge in [-0.25, -0.2) is 9.78 Å². The van der Waals surface area contributed by atoms with E-state index in [1.165, 1.54) is 5.56 Å². The van der Waals surface area contributed by atoms with E-state index in [0.29, 0.717) is 26.3 Å². The van der Waals surface area contributed by atoms with Gasteiger partial charge in [0.1, 0.15) is 11.2 Å². The van der Waals surface area contributed by atoms with Crippen LogP contribution in [0.25, 0.3) is 11.0 Å². The third-order valence-electron chi connectivity index (χ3n) is 6.66. The van der Waals surface area contributed by atoms with Gasteiger partial charge in [0.05, 0.1) is 13.2 Å². The van der Waals surface area contributed by atoms with Crippen LogP contribution in [0.2, 0.25) is 0 Å². The summed E-state index contributed by atoms with van der Waals surface area (Å²) in [5.41, 5.74) is 2.70. The minimum absolute atomic E-state index is 0.0621. The summed E-state index contributed by atoms with van der Waals surface area (Å²) in [5, 5.41) is 1.14. The minimum Gasteiger partial charge on any atom is -0.444 e. The zero-order chi connectivity index (χ0) is 25.9. The number of hydrogen-bond acceptors (Lipinski definition) is 6. The van der Waals surface area contributed by atoms with Crippen molar-refractivity contribution in [2.24, 2.45) is 0 Å². The molecule has 2 aromatic rings. The molecule has 2 aliphatic rings. The van der Waals surface area contributed by atoms with Gasteiger partial charge in [-0.3, -0.25) is 4.79 Å². The fraction of sp³-hybridized carbons (Fsp3) is 0.667. The molecule has 4 rings (SSSR count). The summed E-state index contributed by atoms with van der Waals surface area (Å²) >= 11 is 0. The van der Waals surface area contributed by atoms with E-state index in [4.69, 9.17) is 14.2 Å². The lowest BCUT2D eigenvalue weighted by Gasteiger charge is -2.36. The first-order valence-corrected chi connectivity index (χ1v) is 13.1. The zero-order valence-electron chi connectivity index (χ0n) is 22.3. The van der Waals surface area contributed by atoms with Gasteiger partial charge in [-0.1, -0.05) is 6.92 Å². The molecule has 0 spiro atoms. The summed E-state index contributed by atoms with van der Waals surface area (Å²) in [4.78, 5) is 34.6. The van der Waals surface area contributed by atoms with Gasteiger partial charge in [0.15, 0.2) is 6.10 Å². The van der Waals surface area contributed by atoms with E-state index in [-0.39, 0.29) is 18.5 Å². The van der Waals surface area contributed by atoms with Gasteiger partial charge in [0.25, 0.3) is 5.91 Å². The second-order valence-electron chi connectivity index (χ2n) is 10.7. The molecule has 0 bridgehead atoms. The maximum atomic E-state index is 13.7. The Labute approximate surface area is 213 Å². The van der Waals surface area contributed by atoms with Crippen LogP contribution in [0.15, 0.2) is 18.5 Å². The van der Waals surface area contributed by atoms with Crippen LogP contribution in [0.3, 0.4) is 0 Å². The monoisotopic (exact) mass is 500 g/mol. The molecule has 9 nitrogen and oxygen atoms in total. The highest BCUT2D eigenvalue weighted by Gasteiger charge is 2.40. The highest BCUT2D eigenvalue weighted by molar-refractivity contribution is 5.86. The molecular weight excluding hydrogens is 460 g/mol. The molecule has 1 saturated carbocycles. The summed E-state index contributed by atoms with van der Waals surface area (Å²) in [5.74, 6) is -0.0621. The number of nitrogens with zero attached hydrogens (tertiary/aromatic N) is 4. The number of morpholine rings is 1. The molecule has 2 aromatic heterocycles. The molecule has 198 valence electrons. The van der Waals surface area contributed by atoms with E-state index in [9.17, 15) is 9.59 Å². The molecule has 0 aromatic carbocycles. The molecule has 2 amide bonds. The molecule has 1 aliphatic carbocycles. The third-order valence-corrected chi connectivity index (χ3v) is 6.66. The van der Waals surface area contributed by atoms with Crippen molar-refractivity contribution in [2.75, 3.05) is 33.4 Å². The number of fused-ring (bicyclic) bond motifs is 1. The number of hydrogen-bond donors (Lipinski definition) is 0. The Bertz CT molecular complexity index is 1070. The van der Waals surface area contributed by atoms with Gasteiger partial charge in [-0.05, 0) is 63.6 Å². The first-order valence-electron chi connectivity index (χ1n) is 13.1. The predicted octanol–water partition coefficient (Wildman–Crippen LogP) is 3.76. The van der Waals surface area contributed by atoms with E-state index in [1.54, 1.807) is 12.0 Å². The van der Waals surface area contributed by atoms with Crippen LogP contribution in [-0.2, 0) is 38.5 Å². The highest BCUT2D eigenvalue weighted by Crippen LogP contribution is 2.33. The van der Waals surface area contributed by atoms with E-state index < -0.39 is 17.8 Å². The van der Waals surface area contributed by atoms with Crippen molar-refractivity contribution in [3.63, 3.8) is 0 Å². The Hall–Kier alpha value is -2.65. The number of aryl methyl sites for hydroxylation is 2. The second-order valence-corrected chi connectivity index (χ2v) is 10.7. The van der Waals surface area contributed by atoms with Crippen LogP contribution in [0.4, 0.5) is 4.79 Å². The summed E-state index contributed by atoms with van der Waals surface area (Å²) in [6.45, 7) is 10.6. The number of rotatable bonds is 9. The maximum Gasteiger partial charge on any atom is 0.410 e. The van der Waals surface area contributed by atoms with Crippen molar-refractivity contribution in [1.29, 1.82) is 0 Å². The van der Waals surface area contributed by atoms with Crippen LogP contribution in [0.1, 0.15) is 58.1 Å². The minimum atomic E-state index is -0.689. The van der Waals surface area contributed by atoms with Crippen LogP contribution in [0, 0.1) is 0 Å². The van der Waals surface area contributed by atoms with Gasteiger partial charge in [-0.15, -0.1) is 0 Å². The van der Waals surface area contributed by atoms with Crippen molar-refractivity contribution >= 4 is 23.0 Å². The van der Waals surface area contributed by atoms with E-state index in [2.05, 4.69) is 28.7 Å². The standard InChI is InChI=1S/C27H40N4O5/c1-6-19-10-11-28-24-23(19)20(16-29(24)12-7-14-34-5)17-31(21-8-9-21)25(32)22-18-30(13-15-35-22)26(33)36-27(2,3)4/h10-11,16,21-22H,6-9,12-15,17-18H2,1-5H3/t22-/m1/s1. The molecule has 1 atom stereocenters. The molecule has 0 N–H and O–H groups in total. The Morgan fingerprint density at radius 3 is 2.69 bits per heavy atom. The number of aromatic nitrogens is 2. The lowest BCUT2D eigenvalue weighted by Crippen LogP contribution is -2.53. The van der Waals surface area contributed by atoms with E-state index >= 15 is 0 Å². The average molecular weight is 501 g/mol. The van der Waals surface area contributed by atoms with Gasteiger partial charge in [0, 0.05) is 57.2 Å². The van der Waals surface area contributed by atoms with Crippen molar-refractivity contribution in [3.8, 4) is 0 Å². The highest BCUT2D eigenvalue weighted by atomic mass is 16.6. The molecule has 3 heterocycles. The number of methoxy groups -OCH3 is 1. The quantitative estimate of drug-likeness (QED) is 0.488. The normalized spacial score (nSPS) is 18.5. The maximum absolute atomic E-state index is 13.7. The molecule has 0 unspecified atom stereocenters. The SMILES string of the molecule is CCc1ccnc2c1c(CN(C(=O)[C@H]1CN(C(=O)OC(C)(C)C)CCO1)C1CC1)cn2CCCOC. The van der Waals surface area contributed by atoms with Crippen LogP contribution in [0.5, 0.6) is 0 Å². The average Bonchev–Trinajstić information content (AvgIpc) is 3.63. The largest absolute Gasteiger partial charge is 0.444 e. The van der Waals surface area contributed by atoms with Gasteiger partial charge in [-0.2, -0.15) is 0 Å². The van der Waals surface area contributed by atoms with Crippen LogP contribution >= 0.6 is 0 Å². The second kappa shape index (κ2) is 11.2. The summed E-state index contributed by atoms with van der Waals surface area (Å²) in [6, 6.07) is 2.27. The molecular formula is C27H40N4O5. The number of carbonyl (C=O) groups is 2. The topological polar surface area (TPSA) is 86.1 Å². The number of pyridine rings is 1. The lowest BCUT2D eigenvalue weighted by atomic mass is 10.1. The van der Waals surface area contributed by atoms with Crippen LogP contribution < -0.4 is 0 Å². The fourth-order valence-corrected chi connectivity index (χ4v) is 4.77.